The van der Waals surface area contributed by atoms with Crippen LogP contribution in [-0.2, 0) is 38.9 Å². The summed E-state index contributed by atoms with van der Waals surface area (Å²) in [5.41, 5.74) is -0.461. The van der Waals surface area contributed by atoms with Gasteiger partial charge in [-0.3, -0.25) is 0 Å². The molecule has 2 atom stereocenters. The highest BCUT2D eigenvalue weighted by molar-refractivity contribution is 6.09. The Hall–Kier alpha value is -3.45. The quantitative estimate of drug-likeness (QED) is 0.482. The van der Waals surface area contributed by atoms with Gasteiger partial charge in [-0.25, -0.2) is 14.4 Å². The maximum Gasteiger partial charge on any atom is 0.347 e. The average Bonchev–Trinajstić information content (AvgIpc) is 3.17. The molecule has 0 N–H and O–H groups in total. The van der Waals surface area contributed by atoms with Gasteiger partial charge < -0.3 is 18.9 Å². The molecule has 0 unspecified atom stereocenters. The molecule has 0 amide bonds. The van der Waals surface area contributed by atoms with Gasteiger partial charge in [0.05, 0.1) is 31.5 Å². The van der Waals surface area contributed by atoms with E-state index >= 15 is 0 Å². The monoisotopic (exact) mass is 438 g/mol. The Labute approximate surface area is 186 Å². The third kappa shape index (κ3) is 4.03. The van der Waals surface area contributed by atoms with Gasteiger partial charge in [0.2, 0.25) is 5.60 Å². The van der Waals surface area contributed by atoms with Gasteiger partial charge in [0.1, 0.15) is 6.10 Å². The van der Waals surface area contributed by atoms with Crippen molar-refractivity contribution in [3.8, 4) is 0 Å². The Morgan fingerprint density at radius 3 is 2.19 bits per heavy atom. The lowest BCUT2D eigenvalue weighted by molar-refractivity contribution is -0.170. The molecule has 7 nitrogen and oxygen atoms in total. The number of esters is 3. The predicted octanol–water partition coefficient (Wildman–Crippen LogP) is 3.56. The Balaban J connectivity index is 2.39. The molecule has 0 bridgehead atoms. The van der Waals surface area contributed by atoms with Crippen molar-refractivity contribution in [2.75, 3.05) is 20.3 Å². The Morgan fingerprint density at radius 2 is 1.59 bits per heavy atom. The van der Waals surface area contributed by atoms with E-state index in [-0.39, 0.29) is 24.4 Å². The van der Waals surface area contributed by atoms with Crippen LogP contribution in [0.2, 0.25) is 0 Å². The number of hydrogen-bond donors (Lipinski definition) is 0. The molecule has 0 spiro atoms. The van der Waals surface area contributed by atoms with Gasteiger partial charge in [0.15, 0.2) is 0 Å². The number of methoxy groups -OCH3 is 1. The minimum atomic E-state index is -2.00. The zero-order chi connectivity index (χ0) is 23.3. The van der Waals surface area contributed by atoms with E-state index in [0.717, 1.165) is 5.56 Å². The first-order valence-corrected chi connectivity index (χ1v) is 10.4. The predicted molar refractivity (Wildman–Crippen MR) is 115 cm³/mol. The average molecular weight is 438 g/mol. The van der Waals surface area contributed by atoms with Gasteiger partial charge in [0, 0.05) is 0 Å². The van der Waals surface area contributed by atoms with Crippen LogP contribution < -0.4 is 0 Å². The highest BCUT2D eigenvalue weighted by Gasteiger charge is 2.60. The van der Waals surface area contributed by atoms with Crippen LogP contribution in [0.1, 0.15) is 36.6 Å². The number of rotatable bonds is 7. The first kappa shape index (κ1) is 23.2. The molecule has 168 valence electrons. The number of carbonyl (C=O) groups excluding carboxylic acids is 3. The summed E-state index contributed by atoms with van der Waals surface area (Å²) in [7, 11) is 1.20. The molecule has 0 saturated heterocycles. The molecule has 3 rings (SSSR count). The first-order chi connectivity index (χ1) is 15.4. The van der Waals surface area contributed by atoms with E-state index in [1.165, 1.54) is 7.11 Å². The Bertz CT molecular complexity index is 1040. The topological polar surface area (TPSA) is 88.1 Å². The summed E-state index contributed by atoms with van der Waals surface area (Å²) in [6, 6.07) is 15.7. The summed E-state index contributed by atoms with van der Waals surface area (Å²) in [5.74, 6) is -2.45. The maximum atomic E-state index is 13.3. The van der Waals surface area contributed by atoms with Crippen LogP contribution in [0.4, 0.5) is 0 Å². The van der Waals surface area contributed by atoms with Crippen LogP contribution in [-0.4, -0.2) is 38.2 Å². The van der Waals surface area contributed by atoms with Gasteiger partial charge in [-0.15, -0.1) is 0 Å². The normalized spacial score (nSPS) is 20.1. The highest BCUT2D eigenvalue weighted by Crippen LogP contribution is 2.51. The first-order valence-electron chi connectivity index (χ1n) is 10.4. The van der Waals surface area contributed by atoms with Crippen LogP contribution >= 0.6 is 0 Å². The third-order valence-corrected chi connectivity index (χ3v) is 5.15. The van der Waals surface area contributed by atoms with Crippen LogP contribution in [0, 0.1) is 6.92 Å². The second kappa shape index (κ2) is 9.78. The van der Waals surface area contributed by atoms with Crippen molar-refractivity contribution in [3.63, 3.8) is 0 Å². The molecule has 0 fully saturated rings. The minimum Gasteiger partial charge on any atom is -0.466 e. The molecular formula is C25H26O7. The van der Waals surface area contributed by atoms with Crippen LogP contribution in [0.15, 0.2) is 65.7 Å². The van der Waals surface area contributed by atoms with Gasteiger partial charge in [0.25, 0.3) is 0 Å². The van der Waals surface area contributed by atoms with E-state index in [9.17, 15) is 14.4 Å². The summed E-state index contributed by atoms with van der Waals surface area (Å²) in [6.07, 6.45) is -1.05. The molecule has 1 aliphatic rings. The number of ether oxygens (including phenoxy) is 4. The number of aryl methyl sites for hydroxylation is 1. The van der Waals surface area contributed by atoms with E-state index in [2.05, 4.69) is 0 Å². The van der Waals surface area contributed by atoms with Crippen LogP contribution in [0.25, 0.3) is 0 Å². The molecule has 0 aliphatic carbocycles. The van der Waals surface area contributed by atoms with Crippen molar-refractivity contribution in [2.24, 2.45) is 0 Å². The van der Waals surface area contributed by atoms with E-state index in [1.807, 2.05) is 25.1 Å². The lowest BCUT2D eigenvalue weighted by atomic mass is 9.84. The summed E-state index contributed by atoms with van der Waals surface area (Å²) in [6.45, 7) is 5.31. The number of carbonyl (C=O) groups is 3. The largest absolute Gasteiger partial charge is 0.466 e. The van der Waals surface area contributed by atoms with E-state index in [4.69, 9.17) is 18.9 Å². The fourth-order valence-corrected chi connectivity index (χ4v) is 3.86. The van der Waals surface area contributed by atoms with Gasteiger partial charge >= 0.3 is 17.9 Å². The third-order valence-electron chi connectivity index (χ3n) is 5.15. The van der Waals surface area contributed by atoms with E-state index in [0.29, 0.717) is 11.1 Å². The summed E-state index contributed by atoms with van der Waals surface area (Å²) < 4.78 is 22.0. The zero-order valence-corrected chi connectivity index (χ0v) is 18.5. The van der Waals surface area contributed by atoms with Crippen molar-refractivity contribution < 1.29 is 33.3 Å². The summed E-state index contributed by atoms with van der Waals surface area (Å²) >= 11 is 0. The number of hydrogen-bond acceptors (Lipinski definition) is 7. The Morgan fingerprint density at radius 1 is 0.938 bits per heavy atom. The molecule has 1 aliphatic heterocycles. The molecule has 2 aromatic carbocycles. The summed E-state index contributed by atoms with van der Waals surface area (Å²) in [4.78, 5) is 39.7. The van der Waals surface area contributed by atoms with E-state index < -0.39 is 29.6 Å². The second-order valence-electron chi connectivity index (χ2n) is 7.18. The van der Waals surface area contributed by atoms with Crippen molar-refractivity contribution in [1.29, 1.82) is 0 Å². The molecule has 0 saturated carbocycles. The molecule has 7 heteroatoms. The molecule has 0 aromatic heterocycles. The van der Waals surface area contributed by atoms with Crippen LogP contribution in [0.3, 0.4) is 0 Å². The zero-order valence-electron chi connectivity index (χ0n) is 18.5. The molecule has 0 radical (unpaired) electrons. The van der Waals surface area contributed by atoms with E-state index in [1.54, 1.807) is 50.2 Å². The smallest absolute Gasteiger partial charge is 0.347 e. The summed E-state index contributed by atoms with van der Waals surface area (Å²) in [5, 5.41) is 0. The van der Waals surface area contributed by atoms with Gasteiger partial charge in [-0.2, -0.15) is 0 Å². The lowest BCUT2D eigenvalue weighted by Gasteiger charge is -2.29. The van der Waals surface area contributed by atoms with Gasteiger partial charge in [-0.1, -0.05) is 60.2 Å². The fourth-order valence-electron chi connectivity index (χ4n) is 3.86. The van der Waals surface area contributed by atoms with Crippen LogP contribution in [0.5, 0.6) is 0 Å². The SMILES string of the molecule is CCOC(=O)C1=C(C(=O)OCC)[C@@](C(=O)OC)(c2ccccc2)O[C@H]1c1cccc(C)c1. The maximum absolute atomic E-state index is 13.3. The molecule has 2 aromatic rings. The molecule has 1 heterocycles. The lowest BCUT2D eigenvalue weighted by Crippen LogP contribution is -2.42. The minimum absolute atomic E-state index is 0.0413. The molecule has 32 heavy (non-hydrogen) atoms. The van der Waals surface area contributed by atoms with Crippen molar-refractivity contribution in [2.45, 2.75) is 32.5 Å². The highest BCUT2D eigenvalue weighted by atomic mass is 16.6. The standard InChI is InChI=1S/C25H26O7/c1-5-30-22(26)19-20(23(27)31-6-2)25(24(28)29-4,18-13-8-7-9-14-18)32-21(19)17-12-10-11-16(3)15-17/h7-15,21H,5-6H2,1-4H3/t21-,25+/m0/s1. The van der Waals surface area contributed by atoms with Crippen molar-refractivity contribution in [3.05, 3.63) is 82.4 Å². The van der Waals surface area contributed by atoms with Crippen molar-refractivity contribution in [1.82, 2.24) is 0 Å². The number of benzene rings is 2. The fraction of sp³-hybridized carbons (Fsp3) is 0.320. The second-order valence-corrected chi connectivity index (χ2v) is 7.18. The van der Waals surface area contributed by atoms with Crippen molar-refractivity contribution >= 4 is 17.9 Å². The Kier molecular flexibility index (Phi) is 7.10. The molecular weight excluding hydrogens is 412 g/mol. The van der Waals surface area contributed by atoms with Gasteiger partial charge in [-0.05, 0) is 31.9 Å².